The number of pyridine rings is 1. The third-order valence-corrected chi connectivity index (χ3v) is 4.42. The second kappa shape index (κ2) is 6.68. The van der Waals surface area contributed by atoms with Crippen LogP contribution in [0.15, 0.2) is 28.9 Å². The van der Waals surface area contributed by atoms with Gasteiger partial charge in [0.15, 0.2) is 5.82 Å². The van der Waals surface area contributed by atoms with Crippen molar-refractivity contribution in [3.63, 3.8) is 0 Å². The highest BCUT2D eigenvalue weighted by Crippen LogP contribution is 2.38. The van der Waals surface area contributed by atoms with Crippen molar-refractivity contribution in [3.05, 3.63) is 41.8 Å². The van der Waals surface area contributed by atoms with E-state index in [1.807, 2.05) is 6.07 Å². The Balaban J connectivity index is 1.32. The zero-order chi connectivity index (χ0) is 16.4. The van der Waals surface area contributed by atoms with Crippen LogP contribution in [0.2, 0.25) is 0 Å². The number of nitrogens with zero attached hydrogens (tertiary/aromatic N) is 4. The molecule has 1 saturated carbocycles. The maximum atomic E-state index is 12.5. The zero-order valence-corrected chi connectivity index (χ0v) is 13.4. The van der Waals surface area contributed by atoms with Crippen LogP contribution < -0.4 is 0 Å². The molecule has 3 heterocycles. The summed E-state index contributed by atoms with van der Waals surface area (Å²) in [6, 6.07) is 5.37. The quantitative estimate of drug-likeness (QED) is 0.836. The largest absolute Gasteiger partial charge is 0.367 e. The minimum absolute atomic E-state index is 0.0114. The van der Waals surface area contributed by atoms with Gasteiger partial charge in [-0.1, -0.05) is 11.2 Å². The van der Waals surface area contributed by atoms with Gasteiger partial charge in [-0.3, -0.25) is 9.78 Å². The number of hydrogen-bond donors (Lipinski definition) is 0. The molecule has 1 aliphatic carbocycles. The molecule has 2 aliphatic rings. The Bertz CT molecular complexity index is 699. The first-order chi connectivity index (χ1) is 11.8. The summed E-state index contributed by atoms with van der Waals surface area (Å²) < 4.78 is 11.1. The molecule has 1 saturated heterocycles. The minimum Gasteiger partial charge on any atom is -0.367 e. The highest BCUT2D eigenvalue weighted by Gasteiger charge is 2.29. The van der Waals surface area contributed by atoms with Crippen molar-refractivity contribution in [2.24, 2.45) is 0 Å². The summed E-state index contributed by atoms with van der Waals surface area (Å²) >= 11 is 0. The van der Waals surface area contributed by atoms with Gasteiger partial charge in [0.2, 0.25) is 0 Å². The average Bonchev–Trinajstić information content (AvgIpc) is 3.39. The van der Waals surface area contributed by atoms with Gasteiger partial charge < -0.3 is 14.2 Å². The number of likely N-dealkylation sites (tertiary alicyclic amines) is 1. The standard InChI is InChI=1S/C17H20N4O3/c22-17(14-5-1-2-8-18-14)21-9-3-4-13(10-21)23-11-15-19-16(20-24-15)12-6-7-12/h1-2,5,8,12-13H,3-4,6-7,9-11H2. The molecule has 1 unspecified atom stereocenters. The van der Waals surface area contributed by atoms with Crippen molar-refractivity contribution in [2.75, 3.05) is 13.1 Å². The number of aromatic nitrogens is 3. The third kappa shape index (κ3) is 3.46. The van der Waals surface area contributed by atoms with E-state index in [9.17, 15) is 4.79 Å². The van der Waals surface area contributed by atoms with Gasteiger partial charge >= 0.3 is 0 Å². The Kier molecular flexibility index (Phi) is 4.25. The van der Waals surface area contributed by atoms with E-state index in [0.717, 1.165) is 38.1 Å². The maximum Gasteiger partial charge on any atom is 0.272 e. The summed E-state index contributed by atoms with van der Waals surface area (Å²) in [6.07, 6.45) is 5.76. The first kappa shape index (κ1) is 15.3. The Morgan fingerprint density at radius 1 is 1.33 bits per heavy atom. The third-order valence-electron chi connectivity index (χ3n) is 4.42. The molecular formula is C17H20N4O3. The van der Waals surface area contributed by atoms with Crippen molar-refractivity contribution in [3.8, 4) is 0 Å². The SMILES string of the molecule is O=C(c1ccccn1)N1CCCC(OCc2nc(C3CC3)no2)C1. The maximum absolute atomic E-state index is 12.5. The van der Waals surface area contributed by atoms with E-state index in [1.165, 1.54) is 0 Å². The normalized spacial score (nSPS) is 21.0. The fourth-order valence-electron chi connectivity index (χ4n) is 2.93. The number of ether oxygens (including phenoxy) is 1. The summed E-state index contributed by atoms with van der Waals surface area (Å²) in [4.78, 5) is 22.8. The minimum atomic E-state index is -0.0438. The first-order valence-corrected chi connectivity index (χ1v) is 8.44. The second-order valence-corrected chi connectivity index (χ2v) is 6.36. The Hall–Kier alpha value is -2.28. The smallest absolute Gasteiger partial charge is 0.272 e. The second-order valence-electron chi connectivity index (χ2n) is 6.36. The van der Waals surface area contributed by atoms with Crippen LogP contribution in [0, 0.1) is 0 Å². The first-order valence-electron chi connectivity index (χ1n) is 8.44. The van der Waals surface area contributed by atoms with E-state index >= 15 is 0 Å². The van der Waals surface area contributed by atoms with E-state index < -0.39 is 0 Å². The molecule has 1 amide bonds. The molecule has 1 atom stereocenters. The number of carbonyl (C=O) groups excluding carboxylic acids is 1. The van der Waals surface area contributed by atoms with Gasteiger partial charge in [-0.2, -0.15) is 4.98 Å². The topological polar surface area (TPSA) is 81.4 Å². The van der Waals surface area contributed by atoms with Crippen molar-refractivity contribution in [1.82, 2.24) is 20.0 Å². The fourth-order valence-corrected chi connectivity index (χ4v) is 2.93. The molecule has 0 radical (unpaired) electrons. The molecule has 7 heteroatoms. The lowest BCUT2D eigenvalue weighted by Gasteiger charge is -2.32. The molecule has 7 nitrogen and oxygen atoms in total. The van der Waals surface area contributed by atoms with Crippen LogP contribution >= 0.6 is 0 Å². The van der Waals surface area contributed by atoms with E-state index in [-0.39, 0.29) is 12.0 Å². The number of carbonyl (C=O) groups is 1. The highest BCUT2D eigenvalue weighted by molar-refractivity contribution is 5.92. The predicted molar refractivity (Wildman–Crippen MR) is 84.2 cm³/mol. The van der Waals surface area contributed by atoms with Crippen molar-refractivity contribution in [2.45, 2.75) is 44.3 Å². The van der Waals surface area contributed by atoms with Gasteiger partial charge in [-0.15, -0.1) is 0 Å². The van der Waals surface area contributed by atoms with Crippen LogP contribution in [0.25, 0.3) is 0 Å². The molecule has 1 aliphatic heterocycles. The molecule has 126 valence electrons. The van der Waals surface area contributed by atoms with Gasteiger partial charge in [0, 0.05) is 25.2 Å². The molecule has 2 fully saturated rings. The lowest BCUT2D eigenvalue weighted by molar-refractivity contribution is -0.0155. The van der Waals surface area contributed by atoms with E-state index in [0.29, 0.717) is 30.7 Å². The summed E-state index contributed by atoms with van der Waals surface area (Å²) in [5.74, 6) is 1.75. The molecule has 24 heavy (non-hydrogen) atoms. The predicted octanol–water partition coefficient (Wildman–Crippen LogP) is 2.16. The van der Waals surface area contributed by atoms with Crippen LogP contribution in [0.1, 0.15) is 53.8 Å². The van der Waals surface area contributed by atoms with Crippen molar-refractivity contribution in [1.29, 1.82) is 0 Å². The Morgan fingerprint density at radius 2 is 2.25 bits per heavy atom. The highest BCUT2D eigenvalue weighted by atomic mass is 16.5. The molecule has 0 N–H and O–H groups in total. The van der Waals surface area contributed by atoms with E-state index in [1.54, 1.807) is 23.2 Å². The molecule has 0 spiro atoms. The van der Waals surface area contributed by atoms with Crippen LogP contribution in [0.4, 0.5) is 0 Å². The summed E-state index contributed by atoms with van der Waals surface area (Å²) in [5.41, 5.74) is 0.476. The lowest BCUT2D eigenvalue weighted by Crippen LogP contribution is -2.43. The molecule has 2 aromatic rings. The van der Waals surface area contributed by atoms with Gasteiger partial charge in [-0.05, 0) is 37.8 Å². The van der Waals surface area contributed by atoms with Gasteiger partial charge in [0.05, 0.1) is 6.10 Å². The van der Waals surface area contributed by atoms with Crippen LogP contribution in [0.3, 0.4) is 0 Å². The van der Waals surface area contributed by atoms with Crippen LogP contribution in [-0.4, -0.2) is 45.1 Å². The zero-order valence-electron chi connectivity index (χ0n) is 13.4. The van der Waals surface area contributed by atoms with Gasteiger partial charge in [0.25, 0.3) is 11.8 Å². The molecule has 4 rings (SSSR count). The average molecular weight is 328 g/mol. The van der Waals surface area contributed by atoms with E-state index in [2.05, 4.69) is 15.1 Å². The summed E-state index contributed by atoms with van der Waals surface area (Å²) in [5, 5.41) is 3.99. The van der Waals surface area contributed by atoms with Gasteiger partial charge in [-0.25, -0.2) is 0 Å². The number of rotatable bonds is 5. The summed E-state index contributed by atoms with van der Waals surface area (Å²) in [6.45, 7) is 1.61. The Labute approximate surface area is 140 Å². The number of piperidine rings is 1. The molecule has 2 aromatic heterocycles. The number of amides is 1. The van der Waals surface area contributed by atoms with Crippen LogP contribution in [-0.2, 0) is 11.3 Å². The lowest BCUT2D eigenvalue weighted by atomic mass is 10.1. The van der Waals surface area contributed by atoms with E-state index in [4.69, 9.17) is 9.26 Å². The van der Waals surface area contributed by atoms with Crippen LogP contribution in [0.5, 0.6) is 0 Å². The van der Waals surface area contributed by atoms with Crippen molar-refractivity contribution < 1.29 is 14.1 Å². The van der Waals surface area contributed by atoms with Gasteiger partial charge in [0.1, 0.15) is 12.3 Å². The molecule has 0 bridgehead atoms. The molecule has 0 aromatic carbocycles. The Morgan fingerprint density at radius 3 is 3.04 bits per heavy atom. The molecular weight excluding hydrogens is 308 g/mol. The fraction of sp³-hybridized carbons (Fsp3) is 0.529. The number of hydrogen-bond acceptors (Lipinski definition) is 6. The van der Waals surface area contributed by atoms with Crippen molar-refractivity contribution >= 4 is 5.91 Å². The monoisotopic (exact) mass is 328 g/mol. The summed E-state index contributed by atoms with van der Waals surface area (Å²) in [7, 11) is 0.